The molecule has 7 atom stereocenters. The molecule has 0 unspecified atom stereocenters. The van der Waals surface area contributed by atoms with E-state index in [1.165, 1.54) is 23.3 Å². The summed E-state index contributed by atoms with van der Waals surface area (Å²) in [5, 5.41) is 17.5. The molecule has 4 rings (SSSR count). The predicted molar refractivity (Wildman–Crippen MR) is 218 cm³/mol. The molecule has 15 nitrogen and oxygen atoms in total. The predicted octanol–water partition coefficient (Wildman–Crippen LogP) is 3.23. The number of carbonyl (C=O) groups is 6. The molecule has 0 aliphatic carbocycles. The number of nitrogens with zero attached hydrogens (tertiary/aromatic N) is 3. The van der Waals surface area contributed by atoms with Crippen LogP contribution in [0.3, 0.4) is 0 Å². The first-order chi connectivity index (χ1) is 26.7. The number of thiazole rings is 1. The van der Waals surface area contributed by atoms with E-state index in [0.29, 0.717) is 24.4 Å². The maximum absolute atomic E-state index is 14.7. The van der Waals surface area contributed by atoms with Crippen LogP contribution in [0, 0.1) is 16.7 Å². The molecule has 2 aliphatic heterocycles. The zero-order valence-electron chi connectivity index (χ0n) is 34.8. The van der Waals surface area contributed by atoms with Crippen LogP contribution in [-0.4, -0.2) is 102 Å². The molecule has 312 valence electrons. The average Bonchev–Trinajstić information content (AvgIpc) is 3.87. The van der Waals surface area contributed by atoms with Crippen LogP contribution in [0.1, 0.15) is 104 Å². The summed E-state index contributed by atoms with van der Waals surface area (Å²) in [6.45, 7) is 16.9. The summed E-state index contributed by atoms with van der Waals surface area (Å²) < 4.78 is 4.91. The minimum Gasteiger partial charge on any atom is -0.469 e. The molecule has 0 radical (unpaired) electrons. The van der Waals surface area contributed by atoms with E-state index in [4.69, 9.17) is 9.73 Å². The lowest BCUT2D eigenvalue weighted by Crippen LogP contribution is -2.64. The molecule has 57 heavy (non-hydrogen) atoms. The lowest BCUT2D eigenvalue weighted by atomic mass is 9.82. The number of esters is 1. The second kappa shape index (κ2) is 19.1. The van der Waals surface area contributed by atoms with Crippen molar-refractivity contribution in [3.05, 3.63) is 52.5 Å². The molecule has 1 aromatic carbocycles. The molecule has 16 heteroatoms. The highest BCUT2D eigenvalue weighted by molar-refractivity contribution is 7.09. The van der Waals surface area contributed by atoms with Gasteiger partial charge in [-0.2, -0.15) is 0 Å². The minimum absolute atomic E-state index is 0.166. The first-order valence-electron chi connectivity index (χ1n) is 19.6. The van der Waals surface area contributed by atoms with Crippen molar-refractivity contribution in [1.82, 2.24) is 36.5 Å². The Hall–Kier alpha value is -4.86. The maximum Gasteiger partial charge on any atom is 0.308 e. The third kappa shape index (κ3) is 11.6. The van der Waals surface area contributed by atoms with Crippen molar-refractivity contribution in [3.63, 3.8) is 0 Å². The highest BCUT2D eigenvalue weighted by Gasteiger charge is 2.43. The zero-order chi connectivity index (χ0) is 42.2. The molecule has 0 saturated carbocycles. The topological polar surface area (TPSA) is 200 Å². The van der Waals surface area contributed by atoms with Gasteiger partial charge in [0.2, 0.25) is 29.5 Å². The fraction of sp³-hybridized carbons (Fsp3) is 0.610. The molecule has 0 spiro atoms. The van der Waals surface area contributed by atoms with Crippen molar-refractivity contribution in [2.75, 3.05) is 20.2 Å². The highest BCUT2D eigenvalue weighted by atomic mass is 32.1. The number of hydrogen-bond donors (Lipinski definition) is 5. The Bertz CT molecular complexity index is 1770. The number of hydrogen-bond acceptors (Lipinski definition) is 11. The van der Waals surface area contributed by atoms with Gasteiger partial charge in [-0.1, -0.05) is 92.6 Å². The summed E-state index contributed by atoms with van der Waals surface area (Å²) in [4.78, 5) is 93.3. The van der Waals surface area contributed by atoms with E-state index in [-0.39, 0.29) is 36.5 Å². The quantitative estimate of drug-likeness (QED) is 0.212. The first-order valence-corrected chi connectivity index (χ1v) is 20.4. The second-order valence-corrected chi connectivity index (χ2v) is 18.3. The highest BCUT2D eigenvalue weighted by Crippen LogP contribution is 2.28. The average molecular weight is 809 g/mol. The van der Waals surface area contributed by atoms with Gasteiger partial charge in [0.05, 0.1) is 25.6 Å². The first kappa shape index (κ1) is 44.8. The molecule has 5 N–H and O–H groups in total. The molecule has 2 aliphatic rings. The minimum atomic E-state index is -1.12. The van der Waals surface area contributed by atoms with Crippen LogP contribution in [0.2, 0.25) is 0 Å². The summed E-state index contributed by atoms with van der Waals surface area (Å²) in [7, 11) is 1.27. The molecule has 5 amide bonds. The van der Waals surface area contributed by atoms with Crippen LogP contribution >= 0.6 is 11.3 Å². The summed E-state index contributed by atoms with van der Waals surface area (Å²) in [6, 6.07) is 3.88. The lowest BCUT2D eigenvalue weighted by Gasteiger charge is -2.39. The van der Waals surface area contributed by atoms with Gasteiger partial charge in [0, 0.05) is 24.0 Å². The molecular weight excluding hydrogens is 749 g/mol. The number of benzene rings is 1. The summed E-state index contributed by atoms with van der Waals surface area (Å²) in [5.41, 5.74) is -0.696. The molecule has 1 fully saturated rings. The van der Waals surface area contributed by atoms with Crippen molar-refractivity contribution in [2.24, 2.45) is 21.7 Å². The fourth-order valence-electron chi connectivity index (χ4n) is 7.06. The number of nitrogens with one attached hydrogen (secondary N) is 5. The normalized spacial score (nSPS) is 21.7. The van der Waals surface area contributed by atoms with Gasteiger partial charge < -0.3 is 36.2 Å². The SMILES string of the molecule is COC(=O)C[C@@H](NC(=O)[C@@H](NC(=O)[C@@H](NC1=NCC(=O)N2CCC[C@H]2C(=O)N[C@@H](C(C)C)C(=O)N[C@H]1C(C)(C)C)C(C)(C)C)[C@@H](C)c1ccccc1)c1nccs1. The Morgan fingerprint density at radius 1 is 0.965 bits per heavy atom. The smallest absolute Gasteiger partial charge is 0.308 e. The zero-order valence-corrected chi connectivity index (χ0v) is 35.6. The number of aliphatic imine (C=N–C) groups is 1. The van der Waals surface area contributed by atoms with E-state index in [2.05, 4.69) is 31.6 Å². The van der Waals surface area contributed by atoms with Gasteiger partial charge in [-0.15, -0.1) is 11.3 Å². The van der Waals surface area contributed by atoms with Crippen molar-refractivity contribution in [1.29, 1.82) is 0 Å². The monoisotopic (exact) mass is 808 g/mol. The van der Waals surface area contributed by atoms with Gasteiger partial charge >= 0.3 is 5.97 Å². The van der Waals surface area contributed by atoms with Crippen LogP contribution in [0.5, 0.6) is 0 Å². The van der Waals surface area contributed by atoms with E-state index in [1.807, 2.05) is 92.6 Å². The summed E-state index contributed by atoms with van der Waals surface area (Å²) in [5.74, 6) is -3.34. The van der Waals surface area contributed by atoms with Gasteiger partial charge in [0.25, 0.3) is 0 Å². The van der Waals surface area contributed by atoms with Crippen LogP contribution in [0.25, 0.3) is 0 Å². The van der Waals surface area contributed by atoms with Crippen molar-refractivity contribution < 1.29 is 33.5 Å². The van der Waals surface area contributed by atoms with E-state index in [9.17, 15) is 28.8 Å². The second-order valence-electron chi connectivity index (χ2n) is 17.3. The number of amidine groups is 1. The Balaban J connectivity index is 1.75. The van der Waals surface area contributed by atoms with Gasteiger partial charge in [-0.3, -0.25) is 33.8 Å². The molecule has 3 heterocycles. The van der Waals surface area contributed by atoms with Gasteiger partial charge in [-0.25, -0.2) is 4.98 Å². The number of rotatable bonds is 11. The summed E-state index contributed by atoms with van der Waals surface area (Å²) >= 11 is 1.28. The van der Waals surface area contributed by atoms with Gasteiger partial charge in [0.1, 0.15) is 41.6 Å². The fourth-order valence-corrected chi connectivity index (χ4v) is 7.75. The summed E-state index contributed by atoms with van der Waals surface area (Å²) in [6.07, 6.45) is 2.52. The van der Waals surface area contributed by atoms with Crippen LogP contribution < -0.4 is 26.6 Å². The largest absolute Gasteiger partial charge is 0.469 e. The van der Waals surface area contributed by atoms with Gasteiger partial charge in [0.15, 0.2) is 0 Å². The lowest BCUT2D eigenvalue weighted by molar-refractivity contribution is -0.141. The Labute approximate surface area is 340 Å². The van der Waals surface area contributed by atoms with Crippen molar-refractivity contribution >= 4 is 52.7 Å². The molecule has 1 saturated heterocycles. The van der Waals surface area contributed by atoms with E-state index in [0.717, 1.165) is 5.56 Å². The van der Waals surface area contributed by atoms with E-state index < -0.39 is 76.7 Å². The number of methoxy groups -OCH3 is 1. The Morgan fingerprint density at radius 3 is 2.23 bits per heavy atom. The van der Waals surface area contributed by atoms with E-state index in [1.54, 1.807) is 11.6 Å². The van der Waals surface area contributed by atoms with Crippen molar-refractivity contribution in [2.45, 2.75) is 124 Å². The third-order valence-electron chi connectivity index (χ3n) is 10.4. The maximum atomic E-state index is 14.7. The Kier molecular flexibility index (Phi) is 15.0. The van der Waals surface area contributed by atoms with Crippen molar-refractivity contribution in [3.8, 4) is 0 Å². The number of amides is 5. The molecule has 1 aromatic heterocycles. The Morgan fingerprint density at radius 2 is 1.65 bits per heavy atom. The van der Waals surface area contributed by atoms with Crippen LogP contribution in [0.15, 0.2) is 46.9 Å². The van der Waals surface area contributed by atoms with E-state index >= 15 is 0 Å². The van der Waals surface area contributed by atoms with Crippen LogP contribution in [0.4, 0.5) is 0 Å². The molecule has 0 bridgehead atoms. The number of ether oxygens (including phenoxy) is 1. The van der Waals surface area contributed by atoms with Gasteiger partial charge in [-0.05, 0) is 35.2 Å². The number of carbonyl (C=O) groups excluding carboxylic acids is 6. The standard InChI is InChI=1S/C41H60N8O7S/c1-23(2)30-36(53)48-32(40(4,5)6)34(43-22-28(50)49-19-14-17-27(49)35(52)45-30)47-33(41(7,8)9)38(55)46-31(24(3)25-15-12-11-13-16-25)37(54)44-26(21-29(51)56-10)39-42-18-20-57-39/h11-13,15-16,18,20,23-24,26-27,30-33H,14,17,19,21-22H2,1-10H3,(H,43,47)(H,44,54)(H,45,52)(H,46,55)(H,48,53)/t24-,26+,27-,30-,31-,32+,33+/m0/s1. The third-order valence-corrected chi connectivity index (χ3v) is 11.3. The molecule has 2 aromatic rings. The number of fused-ring (bicyclic) bond motifs is 1. The number of aromatic nitrogens is 1. The van der Waals surface area contributed by atoms with Crippen LogP contribution in [-0.2, 0) is 33.5 Å². The molecular formula is C41H60N8O7S.